The topological polar surface area (TPSA) is 152 Å². The number of aliphatic hydroxyl groups is 1. The number of benzene rings is 1. The third-order valence-electron chi connectivity index (χ3n) is 12.0. The Balaban J connectivity index is 1.54. The van der Waals surface area contributed by atoms with Crippen molar-refractivity contribution in [2.45, 2.75) is 103 Å². The number of carbonyl (C=O) groups is 4. The summed E-state index contributed by atoms with van der Waals surface area (Å²) in [5, 5.41) is 19.5. The number of hydrogen-bond donors (Lipinski definition) is 2. The van der Waals surface area contributed by atoms with E-state index in [2.05, 4.69) is 31.2 Å². The van der Waals surface area contributed by atoms with Gasteiger partial charge in [-0.25, -0.2) is 0 Å². The van der Waals surface area contributed by atoms with Gasteiger partial charge >= 0.3 is 0 Å². The van der Waals surface area contributed by atoms with E-state index < -0.39 is 49.4 Å². The number of ether oxygens (including phenoxy) is 1. The van der Waals surface area contributed by atoms with Gasteiger partial charge in [-0.1, -0.05) is 25.9 Å². The minimum Gasteiger partial charge on any atom is -0.508 e. The van der Waals surface area contributed by atoms with Crippen molar-refractivity contribution in [1.82, 2.24) is 15.0 Å². The standard InChI is InChI=1S/C37H50N4O8Si/c1-18-24(38-35(46)25-13-12-14-41(25)20(3)42)17-26(47-9)22-15-21-16-23-30(40(7)8)32-28(19(2)39-48-32)33(44)37(23,49-50(10,11)36(4,5)6)34(45)29(21)31(43)27(18)22/h17,21,23,25,30,45H,12-16H2,1-11H3,(H,38,46)/t21-,23-,25-,30-,37+/m0/s1. The summed E-state index contributed by atoms with van der Waals surface area (Å²) in [4.78, 5) is 59.1. The molecule has 2 amide bonds. The molecule has 0 radical (unpaired) electrons. The van der Waals surface area contributed by atoms with E-state index >= 15 is 0 Å². The molecule has 0 saturated carbocycles. The van der Waals surface area contributed by atoms with Crippen molar-refractivity contribution in [2.75, 3.05) is 33.1 Å². The average molecular weight is 707 g/mol. The van der Waals surface area contributed by atoms with Gasteiger partial charge in [-0.3, -0.25) is 24.1 Å². The van der Waals surface area contributed by atoms with Gasteiger partial charge in [0.05, 0.1) is 24.4 Å². The number of likely N-dealkylation sites (tertiary alicyclic amines) is 1. The van der Waals surface area contributed by atoms with Gasteiger partial charge in [0.15, 0.2) is 25.5 Å². The SMILES string of the molecule is COc1cc(NC(=O)[C@@H]2CCCN2C(C)=O)c(C)c2c1C[C@H]1C[C@H]3[C@H](N(C)C)c4onc(C)c4C(=O)[C@@]3(O[Si](C)(C)C(C)(C)C)C(O)=C1C2=O. The first-order valence-corrected chi connectivity index (χ1v) is 20.3. The summed E-state index contributed by atoms with van der Waals surface area (Å²) in [5.41, 5.74) is 0.902. The predicted octanol–water partition coefficient (Wildman–Crippen LogP) is 5.70. The van der Waals surface area contributed by atoms with Gasteiger partial charge < -0.3 is 29.0 Å². The van der Waals surface area contributed by atoms with Gasteiger partial charge in [0, 0.05) is 47.8 Å². The highest BCUT2D eigenvalue weighted by molar-refractivity contribution is 6.74. The van der Waals surface area contributed by atoms with Gasteiger partial charge in [0.1, 0.15) is 17.6 Å². The Morgan fingerprint density at radius 1 is 1.18 bits per heavy atom. The Labute approximate surface area is 294 Å². The van der Waals surface area contributed by atoms with E-state index in [9.17, 15) is 24.3 Å². The Morgan fingerprint density at radius 3 is 2.46 bits per heavy atom. The molecule has 1 aromatic carbocycles. The van der Waals surface area contributed by atoms with Crippen molar-refractivity contribution < 1.29 is 38.0 Å². The number of amides is 2. The lowest BCUT2D eigenvalue weighted by atomic mass is 9.58. The quantitative estimate of drug-likeness (QED) is 0.358. The Morgan fingerprint density at radius 2 is 1.86 bits per heavy atom. The summed E-state index contributed by atoms with van der Waals surface area (Å²) in [6, 6.07) is 0.640. The summed E-state index contributed by atoms with van der Waals surface area (Å²) < 4.78 is 18.8. The fraction of sp³-hybridized carbons (Fsp3) is 0.595. The van der Waals surface area contributed by atoms with E-state index in [1.165, 1.54) is 14.0 Å². The van der Waals surface area contributed by atoms with Crippen LogP contribution >= 0.6 is 0 Å². The lowest BCUT2D eigenvalue weighted by molar-refractivity contribution is -0.134. The number of hydrogen-bond acceptors (Lipinski definition) is 10. The summed E-state index contributed by atoms with van der Waals surface area (Å²) in [5.74, 6) is -1.89. The van der Waals surface area contributed by atoms with Gasteiger partial charge in [-0.05, 0) is 83.2 Å². The zero-order chi connectivity index (χ0) is 36.8. The Hall–Kier alpha value is -3.81. The molecular formula is C37H50N4O8Si. The van der Waals surface area contributed by atoms with Crippen LogP contribution in [0.1, 0.15) is 96.3 Å². The molecule has 12 nitrogen and oxygen atoms in total. The number of aromatic nitrogens is 1. The highest BCUT2D eigenvalue weighted by atomic mass is 28.4. The number of aliphatic hydroxyl groups excluding tert-OH is 1. The molecule has 1 fully saturated rings. The highest BCUT2D eigenvalue weighted by Crippen LogP contribution is 2.59. The minimum atomic E-state index is -2.80. The van der Waals surface area contributed by atoms with Crippen LogP contribution in [-0.4, -0.2) is 91.2 Å². The summed E-state index contributed by atoms with van der Waals surface area (Å²) in [7, 11) is 2.53. The van der Waals surface area contributed by atoms with Crippen LogP contribution in [0.5, 0.6) is 5.75 Å². The first-order valence-electron chi connectivity index (χ1n) is 17.4. The van der Waals surface area contributed by atoms with E-state index in [1.54, 1.807) is 24.8 Å². The number of anilines is 1. The first-order chi connectivity index (χ1) is 23.3. The molecule has 2 aromatic rings. The molecule has 1 aromatic heterocycles. The lowest BCUT2D eigenvalue weighted by Gasteiger charge is -2.55. The number of nitrogens with zero attached hydrogens (tertiary/aromatic N) is 3. The molecular weight excluding hydrogens is 657 g/mol. The van der Waals surface area contributed by atoms with Crippen LogP contribution in [0, 0.1) is 25.7 Å². The number of methoxy groups -OCH3 is 1. The van der Waals surface area contributed by atoms with Crippen LogP contribution in [0.2, 0.25) is 18.1 Å². The van der Waals surface area contributed by atoms with E-state index in [-0.39, 0.29) is 33.7 Å². The summed E-state index contributed by atoms with van der Waals surface area (Å²) >= 11 is 0. The molecule has 50 heavy (non-hydrogen) atoms. The normalized spacial score (nSPS) is 26.4. The fourth-order valence-corrected chi connectivity index (χ4v) is 9.92. The highest BCUT2D eigenvalue weighted by Gasteiger charge is 2.66. The second-order valence-electron chi connectivity index (χ2n) is 16.1. The maximum Gasteiger partial charge on any atom is 0.247 e. The van der Waals surface area contributed by atoms with Crippen molar-refractivity contribution in [3.05, 3.63) is 51.1 Å². The molecule has 4 aliphatic rings. The van der Waals surface area contributed by atoms with Crippen molar-refractivity contribution in [1.29, 1.82) is 0 Å². The number of nitrogens with one attached hydrogen (secondary N) is 1. The van der Waals surface area contributed by atoms with E-state index in [0.717, 1.165) is 6.42 Å². The van der Waals surface area contributed by atoms with Gasteiger partial charge in [-0.2, -0.15) is 0 Å². The predicted molar refractivity (Wildman–Crippen MR) is 189 cm³/mol. The molecule has 1 aliphatic heterocycles. The molecule has 270 valence electrons. The van der Waals surface area contributed by atoms with Crippen LogP contribution in [0.25, 0.3) is 0 Å². The second-order valence-corrected chi connectivity index (χ2v) is 20.9. The molecule has 13 heteroatoms. The van der Waals surface area contributed by atoms with Crippen LogP contribution in [0.3, 0.4) is 0 Å². The number of carbonyl (C=O) groups excluding carboxylic acids is 4. The number of fused-ring (bicyclic) bond motifs is 4. The van der Waals surface area contributed by atoms with Gasteiger partial charge in [-0.15, -0.1) is 0 Å². The molecule has 1 saturated heterocycles. The number of Topliss-reactive ketones (excluding diaryl/α,β-unsaturated/α-hetero) is 2. The maximum atomic E-state index is 15.0. The molecule has 2 N–H and O–H groups in total. The molecule has 2 heterocycles. The number of allylic oxidation sites excluding steroid dienone is 1. The molecule has 6 rings (SSSR count). The van der Waals surface area contributed by atoms with Gasteiger partial charge in [0.25, 0.3) is 0 Å². The van der Waals surface area contributed by atoms with Crippen LogP contribution in [0.4, 0.5) is 5.69 Å². The van der Waals surface area contributed by atoms with Gasteiger partial charge in [0.2, 0.25) is 17.6 Å². The third kappa shape index (κ3) is 5.18. The molecule has 0 bridgehead atoms. The number of rotatable bonds is 6. The van der Waals surface area contributed by atoms with Crippen LogP contribution < -0.4 is 10.1 Å². The van der Waals surface area contributed by atoms with E-state index in [4.69, 9.17) is 13.7 Å². The minimum absolute atomic E-state index is 0.156. The van der Waals surface area contributed by atoms with Crippen molar-refractivity contribution >= 4 is 37.4 Å². The summed E-state index contributed by atoms with van der Waals surface area (Å²) in [6.45, 7) is 15.7. The average Bonchev–Trinajstić information content (AvgIpc) is 3.66. The van der Waals surface area contributed by atoms with E-state index in [1.807, 2.05) is 32.1 Å². The second kappa shape index (κ2) is 12.2. The number of ketones is 2. The monoisotopic (exact) mass is 706 g/mol. The lowest BCUT2D eigenvalue weighted by Crippen LogP contribution is -2.65. The van der Waals surface area contributed by atoms with Crippen LogP contribution in [-0.2, 0) is 20.4 Å². The van der Waals surface area contributed by atoms with Crippen molar-refractivity contribution in [3.63, 3.8) is 0 Å². The van der Waals surface area contributed by atoms with E-state index in [0.29, 0.717) is 65.4 Å². The molecule has 3 aliphatic carbocycles. The zero-order valence-corrected chi connectivity index (χ0v) is 32.1. The molecule has 5 atom stereocenters. The maximum absolute atomic E-state index is 15.0. The zero-order valence-electron chi connectivity index (χ0n) is 31.1. The largest absolute Gasteiger partial charge is 0.508 e. The first kappa shape index (κ1) is 36.0. The smallest absolute Gasteiger partial charge is 0.247 e. The Bertz CT molecular complexity index is 1840. The van der Waals surface area contributed by atoms with Crippen LogP contribution in [0.15, 0.2) is 21.9 Å². The third-order valence-corrected chi connectivity index (χ3v) is 16.4. The Kier molecular flexibility index (Phi) is 8.75. The fourth-order valence-electron chi connectivity index (χ4n) is 8.46. The number of aryl methyl sites for hydroxylation is 1. The summed E-state index contributed by atoms with van der Waals surface area (Å²) in [6.07, 6.45) is 1.99. The van der Waals surface area contributed by atoms with Crippen molar-refractivity contribution in [2.24, 2.45) is 11.8 Å². The molecule has 0 unspecified atom stereocenters. The molecule has 0 spiro atoms. The van der Waals surface area contributed by atoms with Crippen molar-refractivity contribution in [3.8, 4) is 5.75 Å².